The second-order valence-corrected chi connectivity index (χ2v) is 10.2. The van der Waals surface area contributed by atoms with Crippen LogP contribution in [0.2, 0.25) is 5.02 Å². The molecule has 1 aliphatic heterocycles. The number of nitrogens with one attached hydrogen (secondary N) is 2. The molecule has 33 heavy (non-hydrogen) atoms. The van der Waals surface area contributed by atoms with Gasteiger partial charge >= 0.3 is 0 Å². The second-order valence-electron chi connectivity index (χ2n) is 8.06. The highest BCUT2D eigenvalue weighted by molar-refractivity contribution is 7.92. The van der Waals surface area contributed by atoms with E-state index in [0.717, 1.165) is 48.4 Å². The minimum absolute atomic E-state index is 0.109. The zero-order chi connectivity index (χ0) is 23.0. The third kappa shape index (κ3) is 4.29. The highest BCUT2D eigenvalue weighted by Crippen LogP contribution is 2.36. The molecule has 0 amide bonds. The molecule has 1 aliphatic rings. The van der Waals surface area contributed by atoms with Crippen molar-refractivity contribution in [2.45, 2.75) is 4.90 Å². The number of halogens is 1. The van der Waals surface area contributed by atoms with Gasteiger partial charge in [0.25, 0.3) is 10.0 Å². The van der Waals surface area contributed by atoms with Gasteiger partial charge in [-0.1, -0.05) is 29.8 Å². The summed E-state index contributed by atoms with van der Waals surface area (Å²) in [6, 6.07) is 16.3. The van der Waals surface area contributed by atoms with Crippen molar-refractivity contribution in [1.82, 2.24) is 14.9 Å². The molecule has 1 fully saturated rings. The highest BCUT2D eigenvalue weighted by atomic mass is 35.5. The monoisotopic (exact) mass is 481 g/mol. The Morgan fingerprint density at radius 1 is 1.06 bits per heavy atom. The molecule has 2 aromatic heterocycles. The average molecular weight is 482 g/mol. The topological polar surface area (TPSA) is 79.3 Å². The van der Waals surface area contributed by atoms with Gasteiger partial charge in [-0.3, -0.25) is 4.72 Å². The smallest absolute Gasteiger partial charge is 0.261 e. The SMILES string of the molecule is Cn1cc(-c2cccc(N3CCNCC3)c2)c2c(NS(=O)(=O)c3cccc(Cl)c3)ccnc21. The van der Waals surface area contributed by atoms with Gasteiger partial charge in [0, 0.05) is 61.9 Å². The lowest BCUT2D eigenvalue weighted by Crippen LogP contribution is -2.43. The van der Waals surface area contributed by atoms with Crippen LogP contribution in [0.1, 0.15) is 0 Å². The van der Waals surface area contributed by atoms with Gasteiger partial charge in [-0.25, -0.2) is 13.4 Å². The van der Waals surface area contributed by atoms with Crippen LogP contribution in [0.15, 0.2) is 71.9 Å². The third-order valence-electron chi connectivity index (χ3n) is 5.85. The number of benzene rings is 2. The van der Waals surface area contributed by atoms with Crippen LogP contribution in [0.4, 0.5) is 11.4 Å². The number of fused-ring (bicyclic) bond motifs is 1. The largest absolute Gasteiger partial charge is 0.369 e. The molecule has 0 radical (unpaired) electrons. The van der Waals surface area contributed by atoms with Crippen molar-refractivity contribution in [3.8, 4) is 11.1 Å². The highest BCUT2D eigenvalue weighted by Gasteiger charge is 2.20. The lowest BCUT2D eigenvalue weighted by Gasteiger charge is -2.29. The number of hydrogen-bond acceptors (Lipinski definition) is 5. The van der Waals surface area contributed by atoms with E-state index in [2.05, 4.69) is 32.1 Å². The fourth-order valence-electron chi connectivity index (χ4n) is 4.24. The maximum Gasteiger partial charge on any atom is 0.261 e. The van der Waals surface area contributed by atoms with E-state index in [4.69, 9.17) is 11.6 Å². The van der Waals surface area contributed by atoms with Crippen LogP contribution in [0.3, 0.4) is 0 Å². The zero-order valence-electron chi connectivity index (χ0n) is 18.1. The van der Waals surface area contributed by atoms with Crippen molar-refractivity contribution in [2.24, 2.45) is 7.05 Å². The summed E-state index contributed by atoms with van der Waals surface area (Å²) in [5, 5.41) is 4.49. The molecule has 9 heteroatoms. The standard InChI is InChI=1S/C24H24ClN5O2S/c1-29-16-21(17-4-2-6-19(14-17)30-12-10-26-11-13-30)23-22(8-9-27-24(23)29)28-33(31,32)20-7-3-5-18(25)15-20/h2-9,14-16,26H,10-13H2,1H3,(H,27,28). The molecular formula is C24H24ClN5O2S. The molecule has 0 atom stereocenters. The average Bonchev–Trinajstić information content (AvgIpc) is 3.17. The molecule has 4 aromatic rings. The molecule has 0 aliphatic carbocycles. The Kier molecular flexibility index (Phi) is 5.74. The van der Waals surface area contributed by atoms with Crippen LogP contribution in [-0.2, 0) is 17.1 Å². The molecule has 5 rings (SSSR count). The fraction of sp³-hybridized carbons (Fsp3) is 0.208. The van der Waals surface area contributed by atoms with Gasteiger partial charge in [0.2, 0.25) is 0 Å². The number of pyridine rings is 1. The van der Waals surface area contributed by atoms with E-state index in [0.29, 0.717) is 16.4 Å². The van der Waals surface area contributed by atoms with Crippen LogP contribution < -0.4 is 14.9 Å². The van der Waals surface area contributed by atoms with Crippen LogP contribution in [0.5, 0.6) is 0 Å². The molecule has 7 nitrogen and oxygen atoms in total. The van der Waals surface area contributed by atoms with Crippen molar-refractivity contribution in [3.63, 3.8) is 0 Å². The predicted molar refractivity (Wildman–Crippen MR) is 133 cm³/mol. The van der Waals surface area contributed by atoms with E-state index in [-0.39, 0.29) is 4.90 Å². The van der Waals surface area contributed by atoms with Gasteiger partial charge in [-0.05, 0) is 42.0 Å². The fourth-order valence-corrected chi connectivity index (χ4v) is 5.61. The second kappa shape index (κ2) is 8.70. The van der Waals surface area contributed by atoms with Crippen molar-refractivity contribution < 1.29 is 8.42 Å². The Morgan fingerprint density at radius 3 is 2.64 bits per heavy atom. The van der Waals surface area contributed by atoms with Gasteiger partial charge in [-0.2, -0.15) is 0 Å². The first kappa shape index (κ1) is 21.8. The normalized spacial score (nSPS) is 14.5. The molecule has 170 valence electrons. The quantitative estimate of drug-likeness (QED) is 0.448. The first-order valence-corrected chi connectivity index (χ1v) is 12.6. The number of sulfonamides is 1. The number of rotatable bonds is 5. The number of piperazine rings is 1. The maximum atomic E-state index is 13.1. The van der Waals surface area contributed by atoms with E-state index in [1.807, 2.05) is 29.9 Å². The molecule has 2 N–H and O–H groups in total. The minimum Gasteiger partial charge on any atom is -0.369 e. The molecule has 0 spiro atoms. The Labute approximate surface area is 198 Å². The van der Waals surface area contributed by atoms with Gasteiger partial charge in [-0.15, -0.1) is 0 Å². The molecule has 0 unspecified atom stereocenters. The van der Waals surface area contributed by atoms with E-state index in [9.17, 15) is 8.42 Å². The molecule has 3 heterocycles. The van der Waals surface area contributed by atoms with E-state index in [1.165, 1.54) is 12.1 Å². The number of aryl methyl sites for hydroxylation is 1. The Bertz CT molecular complexity index is 1430. The first-order valence-electron chi connectivity index (χ1n) is 10.7. The van der Waals surface area contributed by atoms with E-state index >= 15 is 0 Å². The first-order chi connectivity index (χ1) is 15.9. The Hall–Kier alpha value is -3.07. The number of hydrogen-bond donors (Lipinski definition) is 2. The summed E-state index contributed by atoms with van der Waals surface area (Å²) in [6.45, 7) is 3.81. The summed E-state index contributed by atoms with van der Waals surface area (Å²) in [5.74, 6) is 0. The van der Waals surface area contributed by atoms with Crippen LogP contribution in [-0.4, -0.2) is 44.1 Å². The zero-order valence-corrected chi connectivity index (χ0v) is 19.7. The van der Waals surface area contributed by atoms with Crippen molar-refractivity contribution in [2.75, 3.05) is 35.8 Å². The molecule has 0 bridgehead atoms. The maximum absolute atomic E-state index is 13.1. The summed E-state index contributed by atoms with van der Waals surface area (Å²) in [7, 11) is -1.92. The van der Waals surface area contributed by atoms with Crippen molar-refractivity contribution in [1.29, 1.82) is 0 Å². The van der Waals surface area contributed by atoms with E-state index < -0.39 is 10.0 Å². The minimum atomic E-state index is -3.83. The Balaban J connectivity index is 1.59. The van der Waals surface area contributed by atoms with Crippen molar-refractivity contribution >= 4 is 44.0 Å². The van der Waals surface area contributed by atoms with Gasteiger partial charge in [0.05, 0.1) is 16.0 Å². The summed E-state index contributed by atoms with van der Waals surface area (Å²) in [5.41, 5.74) is 4.25. The van der Waals surface area contributed by atoms with Gasteiger partial charge < -0.3 is 14.8 Å². The van der Waals surface area contributed by atoms with Gasteiger partial charge in [0.15, 0.2) is 0 Å². The lowest BCUT2D eigenvalue weighted by molar-refractivity contribution is 0.589. The summed E-state index contributed by atoms with van der Waals surface area (Å²) >= 11 is 6.02. The predicted octanol–water partition coefficient (Wildman–Crippen LogP) is 4.10. The summed E-state index contributed by atoms with van der Waals surface area (Å²) in [6.07, 6.45) is 3.60. The number of anilines is 2. The van der Waals surface area contributed by atoms with Crippen molar-refractivity contribution in [3.05, 3.63) is 72.0 Å². The summed E-state index contributed by atoms with van der Waals surface area (Å²) in [4.78, 5) is 6.97. The number of aromatic nitrogens is 2. The molecular weight excluding hydrogens is 458 g/mol. The Morgan fingerprint density at radius 2 is 1.85 bits per heavy atom. The number of nitrogens with zero attached hydrogens (tertiary/aromatic N) is 3. The third-order valence-corrected chi connectivity index (χ3v) is 7.45. The summed E-state index contributed by atoms with van der Waals surface area (Å²) < 4.78 is 30.9. The van der Waals surface area contributed by atoms with Crippen LogP contribution in [0, 0.1) is 0 Å². The molecule has 0 saturated carbocycles. The molecule has 2 aromatic carbocycles. The van der Waals surface area contributed by atoms with E-state index in [1.54, 1.807) is 24.4 Å². The molecule has 1 saturated heterocycles. The van der Waals surface area contributed by atoms with Gasteiger partial charge in [0.1, 0.15) is 5.65 Å². The van der Waals surface area contributed by atoms with Crippen LogP contribution in [0.25, 0.3) is 22.2 Å². The lowest BCUT2D eigenvalue weighted by atomic mass is 10.0. The van der Waals surface area contributed by atoms with Crippen LogP contribution >= 0.6 is 11.6 Å².